The monoisotopic (exact) mass is 406 g/mol. The van der Waals surface area contributed by atoms with Crippen molar-refractivity contribution in [2.24, 2.45) is 0 Å². The van der Waals surface area contributed by atoms with Gasteiger partial charge in [0.2, 0.25) is 0 Å². The van der Waals surface area contributed by atoms with Crippen LogP contribution in [0.2, 0.25) is 0 Å². The first-order chi connectivity index (χ1) is 14.4. The Balaban J connectivity index is 0.000000575. The molecular weight excluding hydrogens is 372 g/mol. The highest BCUT2D eigenvalue weighted by molar-refractivity contribution is 5.99. The van der Waals surface area contributed by atoms with E-state index in [2.05, 4.69) is 54.6 Å². The third-order valence-corrected chi connectivity index (χ3v) is 5.23. The maximum Gasteiger partial charge on any atom is 0.150 e. The van der Waals surface area contributed by atoms with E-state index in [4.69, 9.17) is 0 Å². The first-order valence-corrected chi connectivity index (χ1v) is 10.9. The molecule has 0 saturated heterocycles. The molecule has 2 aromatic rings. The maximum atomic E-state index is 11.6. The molecule has 1 heterocycles. The molecular formula is C26H34N2O2. The number of nitrogens with zero attached hydrogens (tertiary/aromatic N) is 1. The maximum absolute atomic E-state index is 11.6. The van der Waals surface area contributed by atoms with Crippen LogP contribution >= 0.6 is 0 Å². The van der Waals surface area contributed by atoms with Crippen molar-refractivity contribution in [2.45, 2.75) is 72.9 Å². The number of carbonyl (C=O) groups excluding carboxylic acids is 2. The van der Waals surface area contributed by atoms with Gasteiger partial charge < -0.3 is 14.7 Å². The van der Waals surface area contributed by atoms with E-state index in [1.807, 2.05) is 19.1 Å². The minimum Gasteiger partial charge on any atom is -0.342 e. The summed E-state index contributed by atoms with van der Waals surface area (Å²) >= 11 is 0. The molecule has 4 heteroatoms. The number of aromatic nitrogens is 1. The van der Waals surface area contributed by atoms with Crippen molar-refractivity contribution in [3.8, 4) is 11.8 Å². The second-order valence-electron chi connectivity index (χ2n) is 7.90. The first kappa shape index (κ1) is 23.6. The van der Waals surface area contributed by atoms with Crippen LogP contribution in [0.4, 0.5) is 0 Å². The smallest absolute Gasteiger partial charge is 0.150 e. The molecule has 0 radical (unpaired) electrons. The molecule has 0 amide bonds. The summed E-state index contributed by atoms with van der Waals surface area (Å²) in [5, 5.41) is 4.73. The molecule has 1 aromatic heterocycles. The number of aldehydes is 1. The third-order valence-electron chi connectivity index (χ3n) is 5.23. The first-order valence-electron chi connectivity index (χ1n) is 10.9. The highest BCUT2D eigenvalue weighted by atomic mass is 16.1. The second kappa shape index (κ2) is 11.5. The molecule has 1 aliphatic carbocycles. The fourth-order valence-corrected chi connectivity index (χ4v) is 3.65. The van der Waals surface area contributed by atoms with Gasteiger partial charge in [0.1, 0.15) is 12.1 Å². The largest absolute Gasteiger partial charge is 0.342 e. The predicted octanol–water partition coefficient (Wildman–Crippen LogP) is 4.96. The SMILES string of the molecule is CCC(C)=O.CCCc1c(C=O)ccc2c1c1c(n2CCNC(C)C)CC#CC=C1. The summed E-state index contributed by atoms with van der Waals surface area (Å²) in [6.07, 6.45) is 8.41. The van der Waals surface area contributed by atoms with Crippen LogP contribution in [0.5, 0.6) is 0 Å². The van der Waals surface area contributed by atoms with E-state index in [1.54, 1.807) is 6.92 Å². The Kier molecular flexibility index (Phi) is 9.08. The lowest BCUT2D eigenvalue weighted by atomic mass is 9.96. The number of aryl methyl sites for hydroxylation is 1. The summed E-state index contributed by atoms with van der Waals surface area (Å²) in [7, 11) is 0. The van der Waals surface area contributed by atoms with Gasteiger partial charge in [-0.3, -0.25) is 4.79 Å². The van der Waals surface area contributed by atoms with Gasteiger partial charge in [0.25, 0.3) is 0 Å². The van der Waals surface area contributed by atoms with Gasteiger partial charge in [-0.1, -0.05) is 46.0 Å². The van der Waals surface area contributed by atoms with Crippen LogP contribution in [-0.2, 0) is 24.2 Å². The number of hydrogen-bond donors (Lipinski definition) is 1. The lowest BCUT2D eigenvalue weighted by Gasteiger charge is -2.13. The molecule has 1 aromatic carbocycles. The number of hydrogen-bond acceptors (Lipinski definition) is 3. The Morgan fingerprint density at radius 1 is 1.30 bits per heavy atom. The summed E-state index contributed by atoms with van der Waals surface area (Å²) in [6.45, 7) is 11.8. The molecule has 0 spiro atoms. The standard InChI is InChI=1S/C22H26N2O.C4H8O/c1-4-8-18-17(15-25)11-12-21-22(18)19-9-6-5-7-10-20(19)24(21)14-13-23-16(2)3;1-3-4(2)5/h6,9,11-12,15-16,23H,4,8,10,13-14H2,1-3H3;3H2,1-2H3. The molecule has 160 valence electrons. The number of rotatable bonds is 8. The van der Waals surface area contributed by atoms with Crippen LogP contribution in [0.25, 0.3) is 17.0 Å². The molecule has 1 N–H and O–H groups in total. The number of ketones is 1. The molecule has 0 aliphatic heterocycles. The molecule has 0 saturated carbocycles. The molecule has 3 rings (SSSR count). The van der Waals surface area contributed by atoms with Crippen molar-refractivity contribution < 1.29 is 9.59 Å². The Morgan fingerprint density at radius 2 is 2.03 bits per heavy atom. The van der Waals surface area contributed by atoms with Gasteiger partial charge in [-0.15, -0.1) is 0 Å². The minimum absolute atomic E-state index is 0.255. The van der Waals surface area contributed by atoms with Crippen LogP contribution < -0.4 is 5.32 Å². The molecule has 1 aliphatic rings. The number of carbonyl (C=O) groups is 2. The zero-order chi connectivity index (χ0) is 22.1. The average Bonchev–Trinajstić information content (AvgIpc) is 2.86. The van der Waals surface area contributed by atoms with Gasteiger partial charge in [-0.25, -0.2) is 0 Å². The summed E-state index contributed by atoms with van der Waals surface area (Å²) in [4.78, 5) is 21.4. The number of allylic oxidation sites excluding steroid dienone is 1. The Labute approximate surface area is 180 Å². The van der Waals surface area contributed by atoms with E-state index in [9.17, 15) is 9.59 Å². The van der Waals surface area contributed by atoms with Gasteiger partial charge in [0.15, 0.2) is 0 Å². The van der Waals surface area contributed by atoms with E-state index >= 15 is 0 Å². The zero-order valence-corrected chi connectivity index (χ0v) is 19.0. The highest BCUT2D eigenvalue weighted by Gasteiger charge is 2.20. The van der Waals surface area contributed by atoms with Gasteiger partial charge >= 0.3 is 0 Å². The Hall–Kier alpha value is -2.64. The number of Topliss-reactive ketones (excluding diaryl/α,β-unsaturated/α-hetero) is 1. The molecule has 0 unspecified atom stereocenters. The van der Waals surface area contributed by atoms with Crippen LogP contribution in [-0.4, -0.2) is 29.2 Å². The van der Waals surface area contributed by atoms with Crippen LogP contribution in [0.15, 0.2) is 18.2 Å². The summed E-state index contributed by atoms with van der Waals surface area (Å²) in [6, 6.07) is 4.54. The molecule has 4 nitrogen and oxygen atoms in total. The number of fused-ring (bicyclic) bond motifs is 3. The minimum atomic E-state index is 0.255. The van der Waals surface area contributed by atoms with Crippen molar-refractivity contribution in [1.29, 1.82) is 0 Å². The van der Waals surface area contributed by atoms with Crippen molar-refractivity contribution in [3.05, 3.63) is 40.6 Å². The number of benzene rings is 1. The van der Waals surface area contributed by atoms with E-state index in [-0.39, 0.29) is 5.78 Å². The van der Waals surface area contributed by atoms with E-state index in [0.29, 0.717) is 12.5 Å². The van der Waals surface area contributed by atoms with Crippen molar-refractivity contribution in [2.75, 3.05) is 6.54 Å². The summed E-state index contributed by atoms with van der Waals surface area (Å²) in [5.41, 5.74) is 5.70. The fourth-order valence-electron chi connectivity index (χ4n) is 3.65. The van der Waals surface area contributed by atoms with Crippen LogP contribution in [0.3, 0.4) is 0 Å². The predicted molar refractivity (Wildman–Crippen MR) is 126 cm³/mol. The summed E-state index contributed by atoms with van der Waals surface area (Å²) < 4.78 is 2.39. The molecule has 0 bridgehead atoms. The summed E-state index contributed by atoms with van der Waals surface area (Å²) in [5.74, 6) is 6.59. The topological polar surface area (TPSA) is 51.1 Å². The van der Waals surface area contributed by atoms with Crippen molar-refractivity contribution in [1.82, 2.24) is 9.88 Å². The molecule has 30 heavy (non-hydrogen) atoms. The normalized spacial score (nSPS) is 11.9. The van der Waals surface area contributed by atoms with Crippen molar-refractivity contribution >= 4 is 29.0 Å². The highest BCUT2D eigenvalue weighted by Crippen LogP contribution is 2.33. The Bertz CT molecular complexity index is 984. The van der Waals surface area contributed by atoms with Crippen molar-refractivity contribution in [3.63, 3.8) is 0 Å². The van der Waals surface area contributed by atoms with E-state index < -0.39 is 0 Å². The lowest BCUT2D eigenvalue weighted by molar-refractivity contribution is -0.116. The van der Waals surface area contributed by atoms with E-state index in [1.165, 1.54) is 27.7 Å². The average molecular weight is 407 g/mol. The Morgan fingerprint density at radius 3 is 2.63 bits per heavy atom. The van der Waals surface area contributed by atoms with Gasteiger partial charge in [-0.2, -0.15) is 0 Å². The number of nitrogens with one attached hydrogen (secondary N) is 1. The zero-order valence-electron chi connectivity index (χ0n) is 19.0. The molecule has 0 atom stereocenters. The fraction of sp³-hybridized carbons (Fsp3) is 0.462. The van der Waals surface area contributed by atoms with E-state index in [0.717, 1.165) is 44.2 Å². The second-order valence-corrected chi connectivity index (χ2v) is 7.90. The third kappa shape index (κ3) is 5.70. The quantitative estimate of drug-likeness (QED) is 0.498. The lowest BCUT2D eigenvalue weighted by Crippen LogP contribution is -2.27. The van der Waals surface area contributed by atoms with Crippen LogP contribution in [0.1, 0.15) is 74.6 Å². The van der Waals surface area contributed by atoms with Gasteiger partial charge in [-0.05, 0) is 43.2 Å². The molecule has 0 fully saturated rings. The van der Waals surface area contributed by atoms with Gasteiger partial charge in [0.05, 0.1) is 6.42 Å². The van der Waals surface area contributed by atoms with Gasteiger partial charge in [0, 0.05) is 53.3 Å². The van der Waals surface area contributed by atoms with Crippen LogP contribution in [0, 0.1) is 11.8 Å².